The molecule has 0 radical (unpaired) electrons. The van der Waals surface area contributed by atoms with E-state index in [1.54, 1.807) is 0 Å². The summed E-state index contributed by atoms with van der Waals surface area (Å²) >= 11 is 0. The van der Waals surface area contributed by atoms with Crippen molar-refractivity contribution in [3.05, 3.63) is 11.6 Å². The first-order valence-corrected chi connectivity index (χ1v) is 4.65. The Morgan fingerprint density at radius 3 is 2.85 bits per heavy atom. The number of amides is 1. The molecule has 1 rings (SSSR count). The summed E-state index contributed by atoms with van der Waals surface area (Å²) in [7, 11) is 0. The van der Waals surface area contributed by atoms with Crippen molar-refractivity contribution >= 4 is 5.91 Å². The molecular weight excluding hydrogens is 166 g/mol. The van der Waals surface area contributed by atoms with E-state index in [4.69, 9.17) is 5.73 Å². The maximum atomic E-state index is 10.8. The molecule has 1 aliphatic rings. The lowest BCUT2D eigenvalue weighted by Gasteiger charge is -2.27. The van der Waals surface area contributed by atoms with Gasteiger partial charge in [-0.15, -0.1) is 0 Å². The maximum absolute atomic E-state index is 10.8. The number of carbonyl (C=O) groups excluding carboxylic acids is 1. The van der Waals surface area contributed by atoms with Crippen LogP contribution >= 0.6 is 0 Å². The van der Waals surface area contributed by atoms with E-state index in [9.17, 15) is 9.90 Å². The number of carbonyl (C=O) groups is 1. The molecule has 0 saturated heterocycles. The van der Waals surface area contributed by atoms with Crippen molar-refractivity contribution in [2.45, 2.75) is 32.8 Å². The number of hydrogen-bond acceptors (Lipinski definition) is 2. The molecule has 0 aromatic rings. The van der Waals surface area contributed by atoms with Crippen LogP contribution in [-0.2, 0) is 4.79 Å². The molecule has 3 N–H and O–H groups in total. The minimum atomic E-state index is -0.980. The van der Waals surface area contributed by atoms with Gasteiger partial charge in [0.1, 0.15) is 6.10 Å². The molecule has 0 fully saturated rings. The normalized spacial score (nSPS) is 30.8. The van der Waals surface area contributed by atoms with Gasteiger partial charge in [-0.1, -0.05) is 18.6 Å². The molecule has 13 heavy (non-hydrogen) atoms. The van der Waals surface area contributed by atoms with Gasteiger partial charge < -0.3 is 10.8 Å². The monoisotopic (exact) mass is 183 g/mol. The number of allylic oxidation sites excluding steroid dienone is 2. The van der Waals surface area contributed by atoms with Gasteiger partial charge in [0.15, 0.2) is 0 Å². The van der Waals surface area contributed by atoms with Gasteiger partial charge in [-0.25, -0.2) is 0 Å². The fraction of sp³-hybridized carbons (Fsp3) is 0.700. The van der Waals surface area contributed by atoms with Crippen LogP contribution < -0.4 is 5.73 Å². The molecular formula is C10H17NO2. The minimum Gasteiger partial charge on any atom is -0.383 e. The summed E-state index contributed by atoms with van der Waals surface area (Å²) in [5, 5.41) is 9.48. The van der Waals surface area contributed by atoms with E-state index < -0.39 is 12.0 Å². The van der Waals surface area contributed by atoms with Crippen molar-refractivity contribution in [1.29, 1.82) is 0 Å². The Kier molecular flexibility index (Phi) is 3.09. The predicted octanol–water partition coefficient (Wildman–Crippen LogP) is 0.825. The third-order valence-corrected chi connectivity index (χ3v) is 2.57. The summed E-state index contributed by atoms with van der Waals surface area (Å²) in [4.78, 5) is 10.8. The lowest BCUT2D eigenvalue weighted by molar-refractivity contribution is -0.129. The van der Waals surface area contributed by atoms with Crippen LogP contribution in [0, 0.1) is 11.8 Å². The SMILES string of the molecule is CC1=CC(C)CC(C(O)C(N)=O)C1. The number of aliphatic hydroxyl groups is 1. The molecule has 3 atom stereocenters. The van der Waals surface area contributed by atoms with Gasteiger partial charge in [0.25, 0.3) is 0 Å². The van der Waals surface area contributed by atoms with Crippen LogP contribution in [0.1, 0.15) is 26.7 Å². The topological polar surface area (TPSA) is 63.3 Å². The number of hydrogen-bond donors (Lipinski definition) is 2. The smallest absolute Gasteiger partial charge is 0.246 e. The summed E-state index contributed by atoms with van der Waals surface area (Å²) in [6, 6.07) is 0. The second-order valence-electron chi connectivity index (χ2n) is 4.04. The van der Waals surface area contributed by atoms with E-state index >= 15 is 0 Å². The summed E-state index contributed by atoms with van der Waals surface area (Å²) < 4.78 is 0. The maximum Gasteiger partial charge on any atom is 0.246 e. The standard InChI is InChI=1S/C10H17NO2/c1-6-3-7(2)5-8(4-6)9(12)10(11)13/h3,6,8-9,12H,4-5H2,1-2H3,(H2,11,13). The Morgan fingerprint density at radius 2 is 2.38 bits per heavy atom. The highest BCUT2D eigenvalue weighted by Crippen LogP contribution is 2.29. The second-order valence-corrected chi connectivity index (χ2v) is 4.04. The average Bonchev–Trinajstić information content (AvgIpc) is 2.01. The summed E-state index contributed by atoms with van der Waals surface area (Å²) in [5.41, 5.74) is 6.29. The highest BCUT2D eigenvalue weighted by atomic mass is 16.3. The number of nitrogens with two attached hydrogens (primary N) is 1. The molecule has 0 bridgehead atoms. The molecule has 0 aromatic carbocycles. The van der Waals surface area contributed by atoms with Crippen molar-refractivity contribution in [3.63, 3.8) is 0 Å². The fourth-order valence-electron chi connectivity index (χ4n) is 2.07. The molecule has 0 aromatic heterocycles. The molecule has 0 aliphatic heterocycles. The largest absolute Gasteiger partial charge is 0.383 e. The Morgan fingerprint density at radius 1 is 1.77 bits per heavy atom. The first-order chi connectivity index (χ1) is 6.00. The number of primary amides is 1. The molecule has 0 heterocycles. The van der Waals surface area contributed by atoms with Crippen LogP contribution in [0.25, 0.3) is 0 Å². The van der Waals surface area contributed by atoms with E-state index in [2.05, 4.69) is 13.0 Å². The lowest BCUT2D eigenvalue weighted by atomic mass is 9.80. The average molecular weight is 183 g/mol. The number of rotatable bonds is 2. The van der Waals surface area contributed by atoms with E-state index in [-0.39, 0.29) is 5.92 Å². The molecule has 0 spiro atoms. The first-order valence-electron chi connectivity index (χ1n) is 4.65. The Balaban J connectivity index is 2.64. The van der Waals surface area contributed by atoms with Crippen molar-refractivity contribution < 1.29 is 9.90 Å². The molecule has 74 valence electrons. The van der Waals surface area contributed by atoms with Gasteiger partial charge in [0.2, 0.25) is 5.91 Å². The lowest BCUT2D eigenvalue weighted by Crippen LogP contribution is -2.37. The van der Waals surface area contributed by atoms with Crippen molar-refractivity contribution in [2.75, 3.05) is 0 Å². The molecule has 3 nitrogen and oxygen atoms in total. The van der Waals surface area contributed by atoms with Crippen LogP contribution in [0.2, 0.25) is 0 Å². The quantitative estimate of drug-likeness (QED) is 0.623. The zero-order chi connectivity index (χ0) is 10.0. The van der Waals surface area contributed by atoms with Crippen LogP contribution in [0.15, 0.2) is 11.6 Å². The zero-order valence-electron chi connectivity index (χ0n) is 8.16. The van der Waals surface area contributed by atoms with Crippen molar-refractivity contribution in [1.82, 2.24) is 0 Å². The van der Waals surface area contributed by atoms with Crippen LogP contribution in [0.4, 0.5) is 0 Å². The second kappa shape index (κ2) is 3.92. The van der Waals surface area contributed by atoms with Gasteiger partial charge in [0.05, 0.1) is 0 Å². The highest BCUT2D eigenvalue weighted by Gasteiger charge is 2.27. The summed E-state index contributed by atoms with van der Waals surface area (Å²) in [5.74, 6) is -0.155. The van der Waals surface area contributed by atoms with Gasteiger partial charge in [-0.05, 0) is 31.6 Å². The highest BCUT2D eigenvalue weighted by molar-refractivity contribution is 5.78. The van der Waals surface area contributed by atoms with Crippen LogP contribution in [0.3, 0.4) is 0 Å². The van der Waals surface area contributed by atoms with E-state index in [1.807, 2.05) is 6.92 Å². The summed E-state index contributed by atoms with van der Waals surface area (Å²) in [6.45, 7) is 4.11. The van der Waals surface area contributed by atoms with E-state index in [0.29, 0.717) is 5.92 Å². The third kappa shape index (κ3) is 2.56. The predicted molar refractivity (Wildman–Crippen MR) is 50.8 cm³/mol. The molecule has 0 saturated carbocycles. The minimum absolute atomic E-state index is 0.0116. The molecule has 1 amide bonds. The Labute approximate surface area is 78.6 Å². The van der Waals surface area contributed by atoms with Gasteiger partial charge >= 0.3 is 0 Å². The van der Waals surface area contributed by atoms with Gasteiger partial charge in [-0.2, -0.15) is 0 Å². The summed E-state index contributed by atoms with van der Waals surface area (Å²) in [6.07, 6.45) is 2.84. The molecule has 3 heteroatoms. The zero-order valence-corrected chi connectivity index (χ0v) is 8.16. The first kappa shape index (κ1) is 10.3. The van der Waals surface area contributed by atoms with Crippen LogP contribution in [0.5, 0.6) is 0 Å². The fourth-order valence-corrected chi connectivity index (χ4v) is 2.07. The molecule has 1 aliphatic carbocycles. The third-order valence-electron chi connectivity index (χ3n) is 2.57. The number of aliphatic hydroxyl groups excluding tert-OH is 1. The van der Waals surface area contributed by atoms with Crippen LogP contribution in [-0.4, -0.2) is 17.1 Å². The Bertz CT molecular complexity index is 235. The van der Waals surface area contributed by atoms with E-state index in [0.717, 1.165) is 12.8 Å². The van der Waals surface area contributed by atoms with Crippen molar-refractivity contribution in [3.8, 4) is 0 Å². The van der Waals surface area contributed by atoms with Gasteiger partial charge in [0, 0.05) is 0 Å². The van der Waals surface area contributed by atoms with Gasteiger partial charge in [-0.3, -0.25) is 4.79 Å². The van der Waals surface area contributed by atoms with E-state index in [1.165, 1.54) is 5.57 Å². The van der Waals surface area contributed by atoms with Crippen molar-refractivity contribution in [2.24, 2.45) is 17.6 Å². The molecule has 3 unspecified atom stereocenters. The Hall–Kier alpha value is -0.830.